The van der Waals surface area contributed by atoms with Crippen LogP contribution in [0.15, 0.2) is 69.4 Å². The van der Waals surface area contributed by atoms with E-state index in [9.17, 15) is 9.59 Å². The van der Waals surface area contributed by atoms with Crippen molar-refractivity contribution in [3.8, 4) is 0 Å². The van der Waals surface area contributed by atoms with Crippen LogP contribution in [-0.4, -0.2) is 34.0 Å². The van der Waals surface area contributed by atoms with E-state index in [1.165, 1.54) is 18.9 Å². The fraction of sp³-hybridized carbons (Fsp3) is 0.273. The Labute approximate surface area is 188 Å². The summed E-state index contributed by atoms with van der Waals surface area (Å²) in [4.78, 5) is 37.2. The molecule has 0 aliphatic carbocycles. The summed E-state index contributed by atoms with van der Waals surface area (Å²) in [5, 5.41) is 7.64. The summed E-state index contributed by atoms with van der Waals surface area (Å²) in [5.74, 6) is -0.498. The number of thioether (sulfide) groups is 1. The first kappa shape index (κ1) is 21.3. The van der Waals surface area contributed by atoms with E-state index in [4.69, 9.17) is 9.73 Å². The third-order valence-electron chi connectivity index (χ3n) is 5.00. The molecule has 2 aromatic heterocycles. The van der Waals surface area contributed by atoms with Gasteiger partial charge in [0.15, 0.2) is 5.17 Å². The van der Waals surface area contributed by atoms with Crippen LogP contribution in [0.5, 0.6) is 0 Å². The lowest BCUT2D eigenvalue weighted by molar-refractivity contribution is -0.136. The Morgan fingerprint density at radius 3 is 2.84 bits per heavy atom. The number of rotatable bonds is 7. The highest BCUT2D eigenvalue weighted by atomic mass is 32.2. The molecule has 0 radical (unpaired) electrons. The zero-order valence-corrected chi connectivity index (χ0v) is 18.8. The summed E-state index contributed by atoms with van der Waals surface area (Å²) in [6, 6.07) is 7.35. The van der Waals surface area contributed by atoms with Crippen molar-refractivity contribution in [3.63, 3.8) is 0 Å². The minimum atomic E-state index is -0.393. The molecule has 0 bridgehead atoms. The predicted octanol–water partition coefficient (Wildman–Crippen LogP) is 3.99. The maximum Gasteiger partial charge on any atom is 0.338 e. The summed E-state index contributed by atoms with van der Waals surface area (Å²) in [6.45, 7) is 2.39. The normalized spacial score (nSPS) is 17.7. The van der Waals surface area contributed by atoms with Crippen molar-refractivity contribution in [2.75, 3.05) is 7.11 Å². The minimum Gasteiger partial charge on any atom is -0.466 e. The molecule has 4 rings (SSSR count). The van der Waals surface area contributed by atoms with Crippen LogP contribution in [0.4, 0.5) is 0 Å². The fourth-order valence-corrected chi connectivity index (χ4v) is 5.32. The molecule has 31 heavy (non-hydrogen) atoms. The van der Waals surface area contributed by atoms with E-state index >= 15 is 0 Å². The van der Waals surface area contributed by atoms with Crippen LogP contribution in [0.25, 0.3) is 0 Å². The summed E-state index contributed by atoms with van der Waals surface area (Å²) in [6.07, 6.45) is 4.23. The summed E-state index contributed by atoms with van der Waals surface area (Å²) in [7, 11) is 1.38. The van der Waals surface area contributed by atoms with Gasteiger partial charge in [0, 0.05) is 29.5 Å². The minimum absolute atomic E-state index is 0.105. The Morgan fingerprint density at radius 2 is 2.16 bits per heavy atom. The molecule has 2 aliphatic heterocycles. The highest BCUT2D eigenvalue weighted by Gasteiger charge is 2.41. The predicted molar refractivity (Wildman–Crippen MR) is 122 cm³/mol. The molecular formula is C22H22N4O3S2. The third-order valence-corrected chi connectivity index (χ3v) is 6.81. The molecule has 160 valence electrons. The number of aliphatic imine (C=N–C) groups is 1. The molecule has 1 atom stereocenters. The van der Waals surface area contributed by atoms with Crippen molar-refractivity contribution >= 4 is 40.1 Å². The zero-order chi connectivity index (χ0) is 21.8. The largest absolute Gasteiger partial charge is 0.466 e. The number of thiophene rings is 1. The smallest absolute Gasteiger partial charge is 0.338 e. The number of fused-ring (bicyclic) bond motifs is 1. The van der Waals surface area contributed by atoms with E-state index in [0.29, 0.717) is 18.5 Å². The molecule has 9 heteroatoms. The average Bonchev–Trinajstić information content (AvgIpc) is 3.47. The highest BCUT2D eigenvalue weighted by molar-refractivity contribution is 8.16. The number of esters is 1. The molecule has 0 saturated heterocycles. The lowest BCUT2D eigenvalue weighted by Crippen LogP contribution is -2.37. The molecule has 0 fully saturated rings. The van der Waals surface area contributed by atoms with Crippen LogP contribution in [0.2, 0.25) is 0 Å². The molecule has 7 nitrogen and oxygen atoms in total. The molecule has 2 aliphatic rings. The number of nitrogens with zero attached hydrogens (tertiary/aromatic N) is 3. The fourth-order valence-electron chi connectivity index (χ4n) is 3.56. The molecule has 2 aromatic rings. The number of allylic oxidation sites excluding steroid dienone is 1. The number of ether oxygens (including phenoxy) is 1. The van der Waals surface area contributed by atoms with Crippen LogP contribution in [0, 0.1) is 0 Å². The number of amides is 1. The van der Waals surface area contributed by atoms with Gasteiger partial charge in [0.25, 0.3) is 0 Å². The molecule has 0 unspecified atom stereocenters. The second kappa shape index (κ2) is 9.49. The molecule has 1 N–H and O–H groups in total. The molecule has 4 heterocycles. The summed E-state index contributed by atoms with van der Waals surface area (Å²) < 4.78 is 5.10. The van der Waals surface area contributed by atoms with E-state index in [-0.39, 0.29) is 18.4 Å². The van der Waals surface area contributed by atoms with Crippen molar-refractivity contribution in [1.82, 2.24) is 15.2 Å². The van der Waals surface area contributed by atoms with E-state index in [0.717, 1.165) is 27.0 Å². The summed E-state index contributed by atoms with van der Waals surface area (Å²) in [5.41, 5.74) is 2.99. The second-order valence-corrected chi connectivity index (χ2v) is 8.75. The second-order valence-electron chi connectivity index (χ2n) is 6.93. The van der Waals surface area contributed by atoms with Crippen LogP contribution >= 0.6 is 23.1 Å². The average molecular weight is 455 g/mol. The molecule has 0 saturated carbocycles. The topological polar surface area (TPSA) is 83.9 Å². The van der Waals surface area contributed by atoms with E-state index in [2.05, 4.69) is 10.3 Å². The molecular weight excluding hydrogens is 432 g/mol. The van der Waals surface area contributed by atoms with Gasteiger partial charge in [-0.3, -0.25) is 9.78 Å². The Balaban J connectivity index is 1.59. The van der Waals surface area contributed by atoms with Gasteiger partial charge >= 0.3 is 5.97 Å². The zero-order valence-electron chi connectivity index (χ0n) is 17.2. The summed E-state index contributed by atoms with van der Waals surface area (Å²) >= 11 is 3.04. The van der Waals surface area contributed by atoms with Gasteiger partial charge in [-0.05, 0) is 34.9 Å². The number of hydrogen-bond acceptors (Lipinski definition) is 8. The first-order valence-corrected chi connectivity index (χ1v) is 11.6. The number of nitrogens with one attached hydrogen (secondary N) is 1. The van der Waals surface area contributed by atoms with Gasteiger partial charge in [-0.1, -0.05) is 30.8 Å². The number of carbonyl (C=O) groups excluding carboxylic acids is 2. The first-order valence-electron chi connectivity index (χ1n) is 9.86. The Kier molecular flexibility index (Phi) is 6.53. The van der Waals surface area contributed by atoms with Crippen LogP contribution in [-0.2, 0) is 20.9 Å². The first-order chi connectivity index (χ1) is 15.1. The van der Waals surface area contributed by atoms with Crippen molar-refractivity contribution < 1.29 is 14.3 Å². The maximum atomic E-state index is 12.7. The van der Waals surface area contributed by atoms with Gasteiger partial charge in [-0.25, -0.2) is 9.79 Å². The number of pyridine rings is 1. The lowest BCUT2D eigenvalue weighted by atomic mass is 9.98. The number of carbonyl (C=O) groups is 2. The van der Waals surface area contributed by atoms with Gasteiger partial charge in [-0.15, -0.1) is 11.3 Å². The van der Waals surface area contributed by atoms with Gasteiger partial charge in [0.1, 0.15) is 6.04 Å². The van der Waals surface area contributed by atoms with Crippen LogP contribution in [0.3, 0.4) is 0 Å². The van der Waals surface area contributed by atoms with Crippen molar-refractivity contribution in [1.29, 1.82) is 0 Å². The van der Waals surface area contributed by atoms with Gasteiger partial charge in [-0.2, -0.15) is 0 Å². The van der Waals surface area contributed by atoms with E-state index in [1.54, 1.807) is 23.7 Å². The lowest BCUT2D eigenvalue weighted by Gasteiger charge is -2.35. The van der Waals surface area contributed by atoms with Gasteiger partial charge in [0.2, 0.25) is 5.91 Å². The molecule has 0 spiro atoms. The Hall–Kier alpha value is -2.91. The van der Waals surface area contributed by atoms with E-state index < -0.39 is 5.97 Å². The van der Waals surface area contributed by atoms with Crippen molar-refractivity contribution in [3.05, 3.63) is 74.9 Å². The Morgan fingerprint density at radius 1 is 1.29 bits per heavy atom. The van der Waals surface area contributed by atoms with Crippen LogP contribution in [0.1, 0.15) is 36.2 Å². The van der Waals surface area contributed by atoms with Gasteiger partial charge < -0.3 is 15.0 Å². The number of aromatic nitrogens is 1. The van der Waals surface area contributed by atoms with Crippen LogP contribution < -0.4 is 5.32 Å². The number of amidine groups is 1. The Bertz CT molecular complexity index is 1060. The number of methoxy groups -OCH3 is 1. The maximum absolute atomic E-state index is 12.7. The SMILES string of the molecule is CCC1=C(C(=O)OC)[C@H](c2cccs2)N2C(CC(=O)NCc3cccnc3)=CSC2=N1. The van der Waals surface area contributed by atoms with Crippen molar-refractivity contribution in [2.24, 2.45) is 4.99 Å². The molecule has 0 aromatic carbocycles. The quantitative estimate of drug-likeness (QED) is 0.637. The van der Waals surface area contributed by atoms with Gasteiger partial charge in [0.05, 0.1) is 24.8 Å². The standard InChI is InChI=1S/C22H22N4O3S2/c1-3-16-19(21(28)29-2)20(17-7-5-9-30-17)26-15(13-31-22(26)25-16)10-18(27)24-12-14-6-4-8-23-11-14/h4-9,11,13,20H,3,10,12H2,1-2H3,(H,24,27)/t20-/m0/s1. The van der Waals surface area contributed by atoms with Crippen molar-refractivity contribution in [2.45, 2.75) is 32.4 Å². The molecule has 1 amide bonds. The number of hydrogen-bond donors (Lipinski definition) is 1. The third kappa shape index (κ3) is 4.42. The van der Waals surface area contributed by atoms with E-state index in [1.807, 2.05) is 46.9 Å². The highest BCUT2D eigenvalue weighted by Crippen LogP contribution is 2.46. The monoisotopic (exact) mass is 454 g/mol.